The highest BCUT2D eigenvalue weighted by Gasteiger charge is 2.56. The van der Waals surface area contributed by atoms with Crippen LogP contribution in [0.3, 0.4) is 0 Å². The SMILES string of the molecule is CCC(C)NC(=O)C1(C(=O)NCc2ccco2)CC1. The summed E-state index contributed by atoms with van der Waals surface area (Å²) in [5.41, 5.74) is -0.851. The van der Waals surface area contributed by atoms with Crippen molar-refractivity contribution in [3.63, 3.8) is 0 Å². The van der Waals surface area contributed by atoms with Gasteiger partial charge in [0.2, 0.25) is 11.8 Å². The Morgan fingerprint density at radius 3 is 2.68 bits per heavy atom. The second-order valence-electron chi connectivity index (χ2n) is 5.13. The van der Waals surface area contributed by atoms with Gasteiger partial charge in [-0.15, -0.1) is 0 Å². The van der Waals surface area contributed by atoms with E-state index in [-0.39, 0.29) is 17.9 Å². The number of carbonyl (C=O) groups is 2. The minimum Gasteiger partial charge on any atom is -0.467 e. The molecule has 0 saturated heterocycles. The molecule has 1 saturated carbocycles. The molecule has 1 atom stereocenters. The summed E-state index contributed by atoms with van der Waals surface area (Å²) in [6.07, 6.45) is 3.67. The van der Waals surface area contributed by atoms with Gasteiger partial charge in [-0.25, -0.2) is 0 Å². The van der Waals surface area contributed by atoms with Crippen LogP contribution in [0, 0.1) is 5.41 Å². The Bertz CT molecular complexity index is 449. The number of nitrogens with one attached hydrogen (secondary N) is 2. The van der Waals surface area contributed by atoms with E-state index < -0.39 is 5.41 Å². The summed E-state index contributed by atoms with van der Waals surface area (Å²) in [5, 5.41) is 5.65. The minimum absolute atomic E-state index is 0.0999. The average molecular weight is 264 g/mol. The molecule has 0 radical (unpaired) electrons. The standard InChI is InChI=1S/C14H20N2O3/c1-3-10(2)16-13(18)14(6-7-14)12(17)15-9-11-5-4-8-19-11/h4-5,8,10H,3,6-7,9H2,1-2H3,(H,15,17)(H,16,18). The molecule has 5 nitrogen and oxygen atoms in total. The van der Waals surface area contributed by atoms with Gasteiger partial charge in [-0.2, -0.15) is 0 Å². The van der Waals surface area contributed by atoms with E-state index in [0.29, 0.717) is 25.1 Å². The van der Waals surface area contributed by atoms with E-state index in [4.69, 9.17) is 4.42 Å². The molecule has 1 aliphatic carbocycles. The maximum atomic E-state index is 12.1. The van der Waals surface area contributed by atoms with E-state index in [1.165, 1.54) is 0 Å². The van der Waals surface area contributed by atoms with Crippen molar-refractivity contribution in [2.75, 3.05) is 0 Å². The third-order valence-electron chi connectivity index (χ3n) is 3.61. The smallest absolute Gasteiger partial charge is 0.236 e. The first kappa shape index (κ1) is 13.6. The van der Waals surface area contributed by atoms with E-state index in [9.17, 15) is 9.59 Å². The molecule has 0 spiro atoms. The van der Waals surface area contributed by atoms with Crippen LogP contribution in [-0.4, -0.2) is 17.9 Å². The fourth-order valence-electron chi connectivity index (χ4n) is 1.90. The van der Waals surface area contributed by atoms with Gasteiger partial charge in [0.05, 0.1) is 12.8 Å². The molecule has 1 aromatic heterocycles. The van der Waals surface area contributed by atoms with E-state index in [0.717, 1.165) is 6.42 Å². The van der Waals surface area contributed by atoms with Crippen molar-refractivity contribution in [2.45, 2.75) is 45.7 Å². The van der Waals surface area contributed by atoms with Crippen LogP contribution in [0.1, 0.15) is 38.9 Å². The first-order valence-electron chi connectivity index (χ1n) is 6.70. The second kappa shape index (κ2) is 5.47. The summed E-state index contributed by atoms with van der Waals surface area (Å²) in [6, 6.07) is 3.66. The van der Waals surface area contributed by atoms with Crippen molar-refractivity contribution in [1.29, 1.82) is 0 Å². The Labute approximate surface area is 112 Å². The number of furan rings is 1. The molecular formula is C14H20N2O3. The van der Waals surface area contributed by atoms with Crippen molar-refractivity contribution in [3.05, 3.63) is 24.2 Å². The Morgan fingerprint density at radius 1 is 1.42 bits per heavy atom. The maximum Gasteiger partial charge on any atom is 0.236 e. The molecule has 1 aliphatic rings. The Morgan fingerprint density at radius 2 is 2.16 bits per heavy atom. The van der Waals surface area contributed by atoms with Gasteiger partial charge in [-0.1, -0.05) is 6.92 Å². The van der Waals surface area contributed by atoms with Crippen LogP contribution in [0.4, 0.5) is 0 Å². The molecule has 104 valence electrons. The third-order valence-corrected chi connectivity index (χ3v) is 3.61. The highest BCUT2D eigenvalue weighted by atomic mass is 16.3. The molecule has 2 amide bonds. The quantitative estimate of drug-likeness (QED) is 0.766. The number of hydrogen-bond donors (Lipinski definition) is 2. The van der Waals surface area contributed by atoms with Gasteiger partial charge in [0.15, 0.2) is 0 Å². The lowest BCUT2D eigenvalue weighted by Gasteiger charge is -2.18. The number of hydrogen-bond acceptors (Lipinski definition) is 3. The fourth-order valence-corrected chi connectivity index (χ4v) is 1.90. The zero-order valence-electron chi connectivity index (χ0n) is 11.4. The zero-order valence-corrected chi connectivity index (χ0v) is 11.4. The number of amides is 2. The first-order chi connectivity index (χ1) is 9.08. The molecule has 19 heavy (non-hydrogen) atoms. The second-order valence-corrected chi connectivity index (χ2v) is 5.13. The largest absolute Gasteiger partial charge is 0.467 e. The molecule has 1 aromatic rings. The molecular weight excluding hydrogens is 244 g/mol. The Kier molecular flexibility index (Phi) is 3.93. The van der Waals surface area contributed by atoms with Crippen molar-refractivity contribution < 1.29 is 14.0 Å². The van der Waals surface area contributed by atoms with E-state index in [1.54, 1.807) is 18.4 Å². The topological polar surface area (TPSA) is 71.3 Å². The molecule has 0 aliphatic heterocycles. The van der Waals surface area contributed by atoms with Crippen LogP contribution < -0.4 is 10.6 Å². The lowest BCUT2D eigenvalue weighted by molar-refractivity contribution is -0.137. The molecule has 2 N–H and O–H groups in total. The number of rotatable bonds is 6. The molecule has 0 aromatic carbocycles. The predicted molar refractivity (Wildman–Crippen MR) is 70.1 cm³/mol. The minimum atomic E-state index is -0.851. The Balaban J connectivity index is 1.89. The van der Waals surface area contributed by atoms with E-state index >= 15 is 0 Å². The van der Waals surface area contributed by atoms with Gasteiger partial charge in [0, 0.05) is 6.04 Å². The molecule has 2 rings (SSSR count). The predicted octanol–water partition coefficient (Wildman–Crippen LogP) is 1.59. The lowest BCUT2D eigenvalue weighted by atomic mass is 10.0. The van der Waals surface area contributed by atoms with E-state index in [1.807, 2.05) is 13.8 Å². The van der Waals surface area contributed by atoms with Gasteiger partial charge in [-0.3, -0.25) is 9.59 Å². The number of carbonyl (C=O) groups excluding carboxylic acids is 2. The summed E-state index contributed by atoms with van der Waals surface area (Å²) in [4.78, 5) is 24.2. The lowest BCUT2D eigenvalue weighted by Crippen LogP contribution is -2.45. The van der Waals surface area contributed by atoms with Gasteiger partial charge in [0.25, 0.3) is 0 Å². The normalized spacial score (nSPS) is 17.6. The average Bonchev–Trinajstić information content (AvgIpc) is 3.06. The Hall–Kier alpha value is -1.78. The van der Waals surface area contributed by atoms with E-state index in [2.05, 4.69) is 10.6 Å². The highest BCUT2D eigenvalue weighted by Crippen LogP contribution is 2.46. The van der Waals surface area contributed by atoms with Gasteiger partial charge < -0.3 is 15.1 Å². The summed E-state index contributed by atoms with van der Waals surface area (Å²) in [7, 11) is 0. The molecule has 5 heteroatoms. The van der Waals surface area contributed by atoms with Crippen LogP contribution in [0.15, 0.2) is 22.8 Å². The van der Waals surface area contributed by atoms with Crippen molar-refractivity contribution in [2.24, 2.45) is 5.41 Å². The van der Waals surface area contributed by atoms with Crippen LogP contribution >= 0.6 is 0 Å². The molecule has 1 unspecified atom stereocenters. The van der Waals surface area contributed by atoms with Crippen molar-refractivity contribution >= 4 is 11.8 Å². The van der Waals surface area contributed by atoms with Crippen LogP contribution in [0.2, 0.25) is 0 Å². The van der Waals surface area contributed by atoms with Crippen LogP contribution in [0.5, 0.6) is 0 Å². The van der Waals surface area contributed by atoms with Gasteiger partial charge >= 0.3 is 0 Å². The highest BCUT2D eigenvalue weighted by molar-refractivity contribution is 6.07. The summed E-state index contributed by atoms with van der Waals surface area (Å²) in [5.74, 6) is 0.329. The maximum absolute atomic E-state index is 12.1. The fraction of sp³-hybridized carbons (Fsp3) is 0.571. The van der Waals surface area contributed by atoms with Crippen LogP contribution in [0.25, 0.3) is 0 Å². The van der Waals surface area contributed by atoms with Gasteiger partial charge in [-0.05, 0) is 38.3 Å². The van der Waals surface area contributed by atoms with Crippen LogP contribution in [-0.2, 0) is 16.1 Å². The summed E-state index contributed by atoms with van der Waals surface area (Å²) in [6.45, 7) is 4.26. The first-order valence-corrected chi connectivity index (χ1v) is 6.70. The molecule has 1 fully saturated rings. The molecule has 1 heterocycles. The third kappa shape index (κ3) is 2.97. The molecule has 0 bridgehead atoms. The zero-order chi connectivity index (χ0) is 13.9. The van der Waals surface area contributed by atoms with Crippen molar-refractivity contribution in [3.8, 4) is 0 Å². The summed E-state index contributed by atoms with van der Waals surface area (Å²) < 4.78 is 5.14. The summed E-state index contributed by atoms with van der Waals surface area (Å²) >= 11 is 0. The van der Waals surface area contributed by atoms with Gasteiger partial charge in [0.1, 0.15) is 11.2 Å². The van der Waals surface area contributed by atoms with Crippen molar-refractivity contribution in [1.82, 2.24) is 10.6 Å². The monoisotopic (exact) mass is 264 g/mol.